The Balaban J connectivity index is 1.69. The fourth-order valence-corrected chi connectivity index (χ4v) is 3.06. The Hall–Kier alpha value is -2.84. The molecule has 30 heavy (non-hydrogen) atoms. The van der Waals surface area contributed by atoms with Crippen molar-refractivity contribution < 1.29 is 27.5 Å². The molecule has 1 aliphatic rings. The predicted octanol–water partition coefficient (Wildman–Crippen LogP) is 4.48. The van der Waals surface area contributed by atoms with Crippen LogP contribution in [0, 0.1) is 0 Å². The van der Waals surface area contributed by atoms with Gasteiger partial charge >= 0.3 is 6.18 Å². The normalized spacial score (nSPS) is 14.7. The SMILES string of the molecule is O=C(/C=C/c1cc(C(F)(F)F)ccc1Cl)Nc1cccc(C(=O)N2CCOCC2)c1. The first kappa shape index (κ1) is 21.9. The van der Waals surface area contributed by atoms with E-state index in [4.69, 9.17) is 16.3 Å². The summed E-state index contributed by atoms with van der Waals surface area (Å²) in [6.45, 7) is 1.95. The van der Waals surface area contributed by atoms with Gasteiger partial charge in [-0.1, -0.05) is 17.7 Å². The molecule has 1 N–H and O–H groups in total. The zero-order chi connectivity index (χ0) is 21.7. The van der Waals surface area contributed by atoms with Gasteiger partial charge in [0.25, 0.3) is 5.91 Å². The first-order chi connectivity index (χ1) is 14.2. The number of nitrogens with zero attached hydrogens (tertiary/aromatic N) is 1. The van der Waals surface area contributed by atoms with Gasteiger partial charge in [0.2, 0.25) is 5.91 Å². The maximum Gasteiger partial charge on any atom is 0.416 e. The molecule has 158 valence electrons. The lowest BCUT2D eigenvalue weighted by molar-refractivity contribution is -0.137. The Kier molecular flexibility index (Phi) is 6.79. The van der Waals surface area contributed by atoms with Crippen LogP contribution in [0.4, 0.5) is 18.9 Å². The van der Waals surface area contributed by atoms with Crippen LogP contribution in [0.2, 0.25) is 5.02 Å². The van der Waals surface area contributed by atoms with Gasteiger partial charge in [0, 0.05) is 35.4 Å². The summed E-state index contributed by atoms with van der Waals surface area (Å²) in [6, 6.07) is 9.30. The van der Waals surface area contributed by atoms with E-state index in [2.05, 4.69) is 5.32 Å². The zero-order valence-corrected chi connectivity index (χ0v) is 16.5. The summed E-state index contributed by atoms with van der Waals surface area (Å²) in [5.74, 6) is -0.736. The number of anilines is 1. The lowest BCUT2D eigenvalue weighted by Gasteiger charge is -2.27. The molecule has 2 aromatic carbocycles. The first-order valence-electron chi connectivity index (χ1n) is 9.07. The molecule has 0 aromatic heterocycles. The van der Waals surface area contributed by atoms with Gasteiger partial charge in [-0.2, -0.15) is 13.2 Å². The number of morpholine rings is 1. The number of hydrogen-bond donors (Lipinski definition) is 1. The molecule has 0 radical (unpaired) electrons. The minimum Gasteiger partial charge on any atom is -0.378 e. The summed E-state index contributed by atoms with van der Waals surface area (Å²) in [4.78, 5) is 26.4. The van der Waals surface area contributed by atoms with Crippen molar-refractivity contribution in [2.24, 2.45) is 0 Å². The highest BCUT2D eigenvalue weighted by atomic mass is 35.5. The highest BCUT2D eigenvalue weighted by Crippen LogP contribution is 2.32. The van der Waals surface area contributed by atoms with Crippen LogP contribution in [0.1, 0.15) is 21.5 Å². The Labute approximate surface area is 176 Å². The van der Waals surface area contributed by atoms with Gasteiger partial charge in [-0.15, -0.1) is 0 Å². The van der Waals surface area contributed by atoms with Gasteiger partial charge < -0.3 is 15.0 Å². The van der Waals surface area contributed by atoms with Crippen molar-refractivity contribution in [3.63, 3.8) is 0 Å². The summed E-state index contributed by atoms with van der Waals surface area (Å²) in [5, 5.41) is 2.68. The molecule has 0 atom stereocenters. The van der Waals surface area contributed by atoms with Gasteiger partial charge in [-0.25, -0.2) is 0 Å². The van der Waals surface area contributed by atoms with Crippen LogP contribution in [-0.2, 0) is 15.7 Å². The summed E-state index contributed by atoms with van der Waals surface area (Å²) in [6.07, 6.45) is -2.23. The zero-order valence-electron chi connectivity index (χ0n) is 15.7. The number of halogens is 4. The topological polar surface area (TPSA) is 58.6 Å². The molecule has 1 saturated heterocycles. The Morgan fingerprint density at radius 2 is 1.83 bits per heavy atom. The van der Waals surface area contributed by atoms with Crippen molar-refractivity contribution in [3.8, 4) is 0 Å². The molecule has 9 heteroatoms. The standard InChI is InChI=1S/C21H18ClF3N2O3/c22-18-6-5-16(21(23,24)25)12-14(18)4-7-19(28)26-17-3-1-2-15(13-17)20(29)27-8-10-30-11-9-27/h1-7,12-13H,8-11H2,(H,26,28)/b7-4+. The number of carbonyl (C=O) groups is 2. The van der Waals surface area contributed by atoms with Gasteiger partial charge in [0.15, 0.2) is 0 Å². The number of carbonyl (C=O) groups excluding carboxylic acids is 2. The van der Waals surface area contributed by atoms with Crippen LogP contribution in [-0.4, -0.2) is 43.0 Å². The van der Waals surface area contributed by atoms with Crippen molar-refractivity contribution in [1.29, 1.82) is 0 Å². The summed E-state index contributed by atoms with van der Waals surface area (Å²) in [7, 11) is 0. The fraction of sp³-hybridized carbons (Fsp3) is 0.238. The summed E-state index contributed by atoms with van der Waals surface area (Å²) >= 11 is 5.92. The molecule has 2 amide bonds. The largest absolute Gasteiger partial charge is 0.416 e. The van der Waals surface area contributed by atoms with Gasteiger partial charge in [-0.3, -0.25) is 9.59 Å². The van der Waals surface area contributed by atoms with Gasteiger partial charge in [0.1, 0.15) is 0 Å². The second-order valence-electron chi connectivity index (χ2n) is 6.54. The third-order valence-electron chi connectivity index (χ3n) is 4.41. The summed E-state index contributed by atoms with van der Waals surface area (Å²) < 4.78 is 43.7. The monoisotopic (exact) mass is 438 g/mol. The average Bonchev–Trinajstić information content (AvgIpc) is 2.72. The van der Waals surface area contributed by atoms with E-state index in [0.717, 1.165) is 24.3 Å². The van der Waals surface area contributed by atoms with E-state index in [-0.39, 0.29) is 16.5 Å². The molecule has 0 spiro atoms. The second-order valence-corrected chi connectivity index (χ2v) is 6.95. The van der Waals surface area contributed by atoms with Crippen molar-refractivity contribution in [3.05, 3.63) is 70.3 Å². The van der Waals surface area contributed by atoms with E-state index in [1.165, 1.54) is 6.08 Å². The highest BCUT2D eigenvalue weighted by Gasteiger charge is 2.30. The van der Waals surface area contributed by atoms with Crippen LogP contribution in [0.3, 0.4) is 0 Å². The molecule has 0 bridgehead atoms. The lowest BCUT2D eigenvalue weighted by atomic mass is 10.1. The Morgan fingerprint density at radius 3 is 2.53 bits per heavy atom. The smallest absolute Gasteiger partial charge is 0.378 e. The van der Waals surface area contributed by atoms with E-state index >= 15 is 0 Å². The van der Waals surface area contributed by atoms with E-state index in [0.29, 0.717) is 37.6 Å². The molecule has 1 fully saturated rings. The molecule has 0 unspecified atom stereocenters. The maximum atomic E-state index is 12.8. The van der Waals surface area contributed by atoms with E-state index in [1.54, 1.807) is 29.2 Å². The lowest BCUT2D eigenvalue weighted by Crippen LogP contribution is -2.40. The predicted molar refractivity (Wildman–Crippen MR) is 107 cm³/mol. The van der Waals surface area contributed by atoms with Crippen molar-refractivity contribution in [1.82, 2.24) is 4.90 Å². The number of nitrogens with one attached hydrogen (secondary N) is 1. The Bertz CT molecular complexity index is 970. The number of alkyl halides is 3. The molecule has 1 heterocycles. The molecule has 0 saturated carbocycles. The van der Waals surface area contributed by atoms with Gasteiger partial charge in [0.05, 0.1) is 18.8 Å². The van der Waals surface area contributed by atoms with Gasteiger partial charge in [-0.05, 0) is 48.0 Å². The van der Waals surface area contributed by atoms with E-state index in [9.17, 15) is 22.8 Å². The minimum absolute atomic E-state index is 0.0675. The Morgan fingerprint density at radius 1 is 1.10 bits per heavy atom. The van der Waals surface area contributed by atoms with Crippen LogP contribution < -0.4 is 5.32 Å². The number of amides is 2. The molecule has 5 nitrogen and oxygen atoms in total. The quantitative estimate of drug-likeness (QED) is 0.716. The molecule has 1 aliphatic heterocycles. The molecule has 0 aliphatic carbocycles. The van der Waals surface area contributed by atoms with Crippen LogP contribution in [0.15, 0.2) is 48.5 Å². The van der Waals surface area contributed by atoms with Crippen molar-refractivity contribution >= 4 is 35.2 Å². The van der Waals surface area contributed by atoms with E-state index in [1.807, 2.05) is 0 Å². The van der Waals surface area contributed by atoms with E-state index < -0.39 is 17.6 Å². The van der Waals surface area contributed by atoms with Crippen LogP contribution in [0.25, 0.3) is 6.08 Å². The maximum absolute atomic E-state index is 12.8. The summed E-state index contributed by atoms with van der Waals surface area (Å²) in [5.41, 5.74) is 0.0117. The van der Waals surface area contributed by atoms with Crippen molar-refractivity contribution in [2.75, 3.05) is 31.6 Å². The molecular formula is C21H18ClF3N2O3. The van der Waals surface area contributed by atoms with Crippen LogP contribution in [0.5, 0.6) is 0 Å². The average molecular weight is 439 g/mol. The minimum atomic E-state index is -4.51. The third kappa shape index (κ3) is 5.61. The fourth-order valence-electron chi connectivity index (χ4n) is 2.88. The number of ether oxygens (including phenoxy) is 1. The second kappa shape index (κ2) is 9.32. The van der Waals surface area contributed by atoms with Crippen LogP contribution >= 0.6 is 11.6 Å². The first-order valence-corrected chi connectivity index (χ1v) is 9.45. The highest BCUT2D eigenvalue weighted by molar-refractivity contribution is 6.32. The molecule has 2 aromatic rings. The molecule has 3 rings (SSSR count). The number of rotatable bonds is 4. The third-order valence-corrected chi connectivity index (χ3v) is 4.76. The number of hydrogen-bond acceptors (Lipinski definition) is 3. The molecular weight excluding hydrogens is 421 g/mol. The van der Waals surface area contributed by atoms with Crippen molar-refractivity contribution in [2.45, 2.75) is 6.18 Å². The number of benzene rings is 2.